The van der Waals surface area contributed by atoms with Crippen LogP contribution in [0.1, 0.15) is 25.3 Å². The highest BCUT2D eigenvalue weighted by Gasteiger charge is 2.21. The Hall–Kier alpha value is -1.51. The first-order valence-corrected chi connectivity index (χ1v) is 6.75. The van der Waals surface area contributed by atoms with Gasteiger partial charge in [-0.2, -0.15) is 0 Å². The molecule has 18 heavy (non-hydrogen) atoms. The molecular weight excluding hydrogens is 224 g/mol. The monoisotopic (exact) mass is 246 g/mol. The Morgan fingerprint density at radius 3 is 2.39 bits per heavy atom. The zero-order chi connectivity index (χ0) is 13.0. The predicted molar refractivity (Wildman–Crippen MR) is 74.9 cm³/mol. The quantitative estimate of drug-likeness (QED) is 0.761. The molecule has 3 heteroatoms. The zero-order valence-corrected chi connectivity index (χ0v) is 11.3. The fraction of sp³-hybridized carbons (Fsp3) is 0.533. The normalized spacial score (nSPS) is 16.7. The van der Waals surface area contributed by atoms with Gasteiger partial charge >= 0.3 is 0 Å². The SMILES string of the molecule is CCc1ccc(N2CCC(N(C)C=O)CC2)cc1. The van der Waals surface area contributed by atoms with Crippen LogP contribution in [0.25, 0.3) is 0 Å². The van der Waals surface area contributed by atoms with Crippen LogP contribution in [-0.2, 0) is 11.2 Å². The highest BCUT2D eigenvalue weighted by atomic mass is 16.1. The van der Waals surface area contributed by atoms with Crippen molar-refractivity contribution in [2.45, 2.75) is 32.2 Å². The highest BCUT2D eigenvalue weighted by molar-refractivity contribution is 5.49. The summed E-state index contributed by atoms with van der Waals surface area (Å²) in [4.78, 5) is 15.0. The molecule has 0 saturated carbocycles. The van der Waals surface area contributed by atoms with Crippen LogP contribution in [-0.4, -0.2) is 37.5 Å². The maximum atomic E-state index is 10.7. The van der Waals surface area contributed by atoms with Gasteiger partial charge in [-0.05, 0) is 37.0 Å². The molecule has 0 spiro atoms. The Bertz CT molecular complexity index is 380. The third-order valence-corrected chi connectivity index (χ3v) is 3.92. The Labute approximate surface area is 109 Å². The lowest BCUT2D eigenvalue weighted by Gasteiger charge is -2.36. The molecule has 1 aromatic carbocycles. The first-order valence-electron chi connectivity index (χ1n) is 6.75. The summed E-state index contributed by atoms with van der Waals surface area (Å²) in [7, 11) is 1.88. The summed E-state index contributed by atoms with van der Waals surface area (Å²) < 4.78 is 0. The van der Waals surface area contributed by atoms with Crippen LogP contribution in [0.4, 0.5) is 5.69 Å². The average Bonchev–Trinajstić information content (AvgIpc) is 2.47. The van der Waals surface area contributed by atoms with E-state index in [-0.39, 0.29) is 0 Å². The number of hydrogen-bond donors (Lipinski definition) is 0. The van der Waals surface area contributed by atoms with Gasteiger partial charge in [-0.1, -0.05) is 19.1 Å². The number of aryl methyl sites for hydroxylation is 1. The minimum Gasteiger partial charge on any atom is -0.371 e. The van der Waals surface area contributed by atoms with Crippen molar-refractivity contribution in [3.8, 4) is 0 Å². The number of hydrogen-bond acceptors (Lipinski definition) is 2. The van der Waals surface area contributed by atoms with E-state index >= 15 is 0 Å². The molecule has 0 bridgehead atoms. The lowest BCUT2D eigenvalue weighted by atomic mass is 10.0. The van der Waals surface area contributed by atoms with E-state index < -0.39 is 0 Å². The van der Waals surface area contributed by atoms with Crippen LogP contribution in [0, 0.1) is 0 Å². The van der Waals surface area contributed by atoms with E-state index in [4.69, 9.17) is 0 Å². The summed E-state index contributed by atoms with van der Waals surface area (Å²) in [6, 6.07) is 9.25. The van der Waals surface area contributed by atoms with Crippen LogP contribution in [0.2, 0.25) is 0 Å². The van der Waals surface area contributed by atoms with Crippen molar-refractivity contribution in [3.05, 3.63) is 29.8 Å². The summed E-state index contributed by atoms with van der Waals surface area (Å²) in [6.45, 7) is 4.25. The molecule has 0 N–H and O–H groups in total. The van der Waals surface area contributed by atoms with Gasteiger partial charge in [-0.3, -0.25) is 4.79 Å². The highest BCUT2D eigenvalue weighted by Crippen LogP contribution is 2.22. The average molecular weight is 246 g/mol. The number of benzene rings is 1. The van der Waals surface area contributed by atoms with E-state index in [0.29, 0.717) is 6.04 Å². The lowest BCUT2D eigenvalue weighted by Crippen LogP contribution is -2.42. The Morgan fingerprint density at radius 1 is 1.28 bits per heavy atom. The molecule has 1 saturated heterocycles. The first kappa shape index (κ1) is 12.9. The number of carbonyl (C=O) groups is 1. The Balaban J connectivity index is 1.94. The fourth-order valence-electron chi connectivity index (χ4n) is 2.56. The molecule has 98 valence electrons. The third-order valence-electron chi connectivity index (χ3n) is 3.92. The summed E-state index contributed by atoms with van der Waals surface area (Å²) in [5, 5.41) is 0. The van der Waals surface area contributed by atoms with Gasteiger partial charge in [0.25, 0.3) is 0 Å². The van der Waals surface area contributed by atoms with Gasteiger partial charge in [0.05, 0.1) is 0 Å². The smallest absolute Gasteiger partial charge is 0.209 e. The second-order valence-corrected chi connectivity index (χ2v) is 5.01. The van der Waals surface area contributed by atoms with Gasteiger partial charge in [0.15, 0.2) is 0 Å². The molecule has 2 rings (SSSR count). The standard InChI is InChI=1S/C15H22N2O/c1-3-13-4-6-15(7-5-13)17-10-8-14(9-11-17)16(2)12-18/h4-7,12,14H,3,8-11H2,1-2H3. The zero-order valence-electron chi connectivity index (χ0n) is 11.3. The van der Waals surface area contributed by atoms with Gasteiger partial charge in [0.1, 0.15) is 0 Å². The number of piperidine rings is 1. The van der Waals surface area contributed by atoms with E-state index in [1.54, 1.807) is 4.90 Å². The van der Waals surface area contributed by atoms with Gasteiger partial charge in [-0.15, -0.1) is 0 Å². The first-order chi connectivity index (χ1) is 8.74. The maximum absolute atomic E-state index is 10.7. The second-order valence-electron chi connectivity index (χ2n) is 5.01. The van der Waals surface area contributed by atoms with Crippen molar-refractivity contribution in [1.82, 2.24) is 4.90 Å². The number of anilines is 1. The van der Waals surface area contributed by atoms with Crippen molar-refractivity contribution >= 4 is 12.1 Å². The fourth-order valence-corrected chi connectivity index (χ4v) is 2.56. The number of rotatable bonds is 4. The Morgan fingerprint density at radius 2 is 1.89 bits per heavy atom. The van der Waals surface area contributed by atoms with Crippen molar-refractivity contribution in [3.63, 3.8) is 0 Å². The maximum Gasteiger partial charge on any atom is 0.209 e. The molecule has 1 heterocycles. The molecule has 1 amide bonds. The summed E-state index contributed by atoms with van der Waals surface area (Å²) in [5.74, 6) is 0. The molecule has 0 aliphatic carbocycles. The molecule has 1 aliphatic heterocycles. The van der Waals surface area contributed by atoms with E-state index in [1.165, 1.54) is 11.3 Å². The van der Waals surface area contributed by atoms with Crippen LogP contribution >= 0.6 is 0 Å². The number of carbonyl (C=O) groups excluding carboxylic acids is 1. The lowest BCUT2D eigenvalue weighted by molar-refractivity contribution is -0.119. The number of nitrogens with zero attached hydrogens (tertiary/aromatic N) is 2. The van der Waals surface area contributed by atoms with Gasteiger partial charge < -0.3 is 9.80 Å². The molecule has 0 aromatic heterocycles. The van der Waals surface area contributed by atoms with E-state index in [1.807, 2.05) is 7.05 Å². The van der Waals surface area contributed by atoms with Gasteiger partial charge in [-0.25, -0.2) is 0 Å². The second kappa shape index (κ2) is 5.89. The Kier molecular flexibility index (Phi) is 4.24. The van der Waals surface area contributed by atoms with Crippen molar-refractivity contribution in [2.75, 3.05) is 25.0 Å². The molecule has 1 fully saturated rings. The summed E-state index contributed by atoms with van der Waals surface area (Å²) >= 11 is 0. The van der Waals surface area contributed by atoms with Crippen molar-refractivity contribution in [1.29, 1.82) is 0 Å². The van der Waals surface area contributed by atoms with E-state index in [9.17, 15) is 4.79 Å². The van der Waals surface area contributed by atoms with E-state index in [2.05, 4.69) is 36.1 Å². The largest absolute Gasteiger partial charge is 0.371 e. The van der Waals surface area contributed by atoms with Crippen molar-refractivity contribution < 1.29 is 4.79 Å². The molecular formula is C15H22N2O. The predicted octanol–water partition coefficient (Wildman–Crippen LogP) is 2.31. The summed E-state index contributed by atoms with van der Waals surface area (Å²) in [6.07, 6.45) is 4.15. The minimum absolute atomic E-state index is 0.411. The topological polar surface area (TPSA) is 23.6 Å². The third kappa shape index (κ3) is 2.84. The minimum atomic E-state index is 0.411. The molecule has 1 aliphatic rings. The van der Waals surface area contributed by atoms with Crippen LogP contribution < -0.4 is 4.90 Å². The van der Waals surface area contributed by atoms with Crippen LogP contribution in [0.3, 0.4) is 0 Å². The molecule has 0 atom stereocenters. The molecule has 1 aromatic rings. The summed E-state index contributed by atoms with van der Waals surface area (Å²) in [5.41, 5.74) is 2.69. The molecule has 3 nitrogen and oxygen atoms in total. The van der Waals surface area contributed by atoms with Gasteiger partial charge in [0, 0.05) is 31.9 Å². The van der Waals surface area contributed by atoms with E-state index in [0.717, 1.165) is 38.8 Å². The molecule has 0 unspecified atom stereocenters. The van der Waals surface area contributed by atoms with Crippen LogP contribution in [0.5, 0.6) is 0 Å². The van der Waals surface area contributed by atoms with Crippen LogP contribution in [0.15, 0.2) is 24.3 Å². The van der Waals surface area contributed by atoms with Crippen molar-refractivity contribution in [2.24, 2.45) is 0 Å². The molecule has 0 radical (unpaired) electrons. The van der Waals surface area contributed by atoms with Gasteiger partial charge in [0.2, 0.25) is 6.41 Å². The number of amides is 1.